The van der Waals surface area contributed by atoms with E-state index in [9.17, 15) is 0 Å². The molecule has 1 N–H and O–H groups in total. The lowest BCUT2D eigenvalue weighted by Gasteiger charge is -2.15. The fourth-order valence-electron chi connectivity index (χ4n) is 2.67. The molecule has 4 rings (SSSR count). The summed E-state index contributed by atoms with van der Waals surface area (Å²) in [6, 6.07) is 6.05. The predicted octanol–water partition coefficient (Wildman–Crippen LogP) is 2.49. The molecule has 27 heavy (non-hydrogen) atoms. The molecule has 1 aromatic carbocycles. The van der Waals surface area contributed by atoms with E-state index in [4.69, 9.17) is 9.47 Å². The molecule has 0 saturated carbocycles. The van der Waals surface area contributed by atoms with E-state index in [0.717, 1.165) is 42.7 Å². The number of nitrogens with zero attached hydrogens (tertiary/aromatic N) is 5. The summed E-state index contributed by atoms with van der Waals surface area (Å²) in [7, 11) is 2.04. The molecule has 0 fully saturated rings. The van der Waals surface area contributed by atoms with E-state index < -0.39 is 0 Å². The number of aromatic nitrogens is 4. The highest BCUT2D eigenvalue weighted by Gasteiger charge is 2.13. The summed E-state index contributed by atoms with van der Waals surface area (Å²) < 4.78 is 16.9. The maximum Gasteiger partial charge on any atom is 0.248 e. The van der Waals surface area contributed by atoms with Gasteiger partial charge in [-0.05, 0) is 30.7 Å². The highest BCUT2D eigenvalue weighted by atomic mass is 35.5. The van der Waals surface area contributed by atoms with Crippen LogP contribution in [0.1, 0.15) is 12.0 Å². The number of hydrogen-bond donors (Lipinski definition) is 1. The number of fused-ring (bicyclic) bond motifs is 1. The van der Waals surface area contributed by atoms with Crippen LogP contribution in [-0.4, -0.2) is 45.8 Å². The zero-order chi connectivity index (χ0) is 17.8. The molecule has 0 bridgehead atoms. The standard InChI is InChI=1S/C17H20N6O2S.ClH/c1-22(17-20-16(21-26-17)23-8-6-19-11-23)7-2-5-18-10-13-3-4-14-15(9-13)25-12-24-14;/h3-4,6,8-9,11,18H,2,5,7,10,12H2,1H3;1H. The van der Waals surface area contributed by atoms with Crippen molar-refractivity contribution in [1.82, 2.24) is 24.2 Å². The van der Waals surface area contributed by atoms with Gasteiger partial charge in [0.25, 0.3) is 0 Å². The summed E-state index contributed by atoms with van der Waals surface area (Å²) in [5, 5.41) is 4.37. The molecule has 0 unspecified atom stereocenters. The maximum atomic E-state index is 5.40. The maximum absolute atomic E-state index is 5.40. The Bertz CT molecular complexity index is 857. The average molecular weight is 409 g/mol. The number of halogens is 1. The number of ether oxygens (including phenoxy) is 2. The Hall–Kier alpha value is -2.36. The third-order valence-electron chi connectivity index (χ3n) is 4.08. The summed E-state index contributed by atoms with van der Waals surface area (Å²) in [6.45, 7) is 2.95. The zero-order valence-corrected chi connectivity index (χ0v) is 16.5. The van der Waals surface area contributed by atoms with Crippen LogP contribution in [0.4, 0.5) is 5.13 Å². The highest BCUT2D eigenvalue weighted by molar-refractivity contribution is 7.09. The summed E-state index contributed by atoms with van der Waals surface area (Å²) in [6.07, 6.45) is 6.27. The number of imidazole rings is 1. The van der Waals surface area contributed by atoms with Gasteiger partial charge in [0.1, 0.15) is 6.33 Å². The van der Waals surface area contributed by atoms with E-state index in [1.54, 1.807) is 17.1 Å². The minimum absolute atomic E-state index is 0. The van der Waals surface area contributed by atoms with Gasteiger partial charge in [0.05, 0.1) is 0 Å². The third-order valence-corrected chi connectivity index (χ3v) is 4.90. The Kier molecular flexibility index (Phi) is 6.49. The van der Waals surface area contributed by atoms with Crippen molar-refractivity contribution in [3.05, 3.63) is 42.5 Å². The topological polar surface area (TPSA) is 77.3 Å². The number of benzene rings is 1. The van der Waals surface area contributed by atoms with E-state index in [1.165, 1.54) is 17.1 Å². The first-order valence-electron chi connectivity index (χ1n) is 8.42. The Morgan fingerprint density at radius 3 is 3.04 bits per heavy atom. The summed E-state index contributed by atoms with van der Waals surface area (Å²) in [5.74, 6) is 2.31. The second kappa shape index (κ2) is 9.03. The van der Waals surface area contributed by atoms with Gasteiger partial charge in [-0.15, -0.1) is 12.4 Å². The van der Waals surface area contributed by atoms with Gasteiger partial charge in [0, 0.05) is 44.1 Å². The first-order chi connectivity index (χ1) is 12.8. The molecule has 1 aliphatic rings. The SMILES string of the molecule is CN(CCCNCc1ccc2c(c1)OCO2)c1nc(-n2ccnc2)ns1.Cl. The molecule has 0 radical (unpaired) electrons. The van der Waals surface area contributed by atoms with Gasteiger partial charge in [-0.2, -0.15) is 9.36 Å². The fourth-order valence-corrected chi connectivity index (χ4v) is 3.32. The minimum Gasteiger partial charge on any atom is -0.454 e. The van der Waals surface area contributed by atoms with Crippen LogP contribution in [0, 0.1) is 0 Å². The van der Waals surface area contributed by atoms with Gasteiger partial charge < -0.3 is 19.7 Å². The van der Waals surface area contributed by atoms with Gasteiger partial charge in [-0.3, -0.25) is 4.57 Å². The number of rotatable bonds is 8. The summed E-state index contributed by atoms with van der Waals surface area (Å²) in [4.78, 5) is 10.7. The Labute approximate surface area is 167 Å². The van der Waals surface area contributed by atoms with Crippen LogP contribution in [0.3, 0.4) is 0 Å². The number of anilines is 1. The molecule has 0 atom stereocenters. The van der Waals surface area contributed by atoms with Crippen molar-refractivity contribution in [2.24, 2.45) is 0 Å². The van der Waals surface area contributed by atoms with Gasteiger partial charge in [0.2, 0.25) is 17.9 Å². The van der Waals surface area contributed by atoms with Crippen molar-refractivity contribution in [3.8, 4) is 17.4 Å². The normalized spacial score (nSPS) is 12.0. The molecular formula is C17H21ClN6O2S. The van der Waals surface area contributed by atoms with E-state index in [0.29, 0.717) is 12.7 Å². The molecule has 1 aliphatic heterocycles. The van der Waals surface area contributed by atoms with Gasteiger partial charge in [-0.1, -0.05) is 6.07 Å². The molecule has 0 spiro atoms. The molecule has 3 heterocycles. The van der Waals surface area contributed by atoms with Crippen molar-refractivity contribution in [2.75, 3.05) is 31.8 Å². The van der Waals surface area contributed by atoms with Crippen molar-refractivity contribution in [3.63, 3.8) is 0 Å². The van der Waals surface area contributed by atoms with Crippen molar-refractivity contribution in [1.29, 1.82) is 0 Å². The average Bonchev–Trinajstić information content (AvgIpc) is 3.41. The lowest BCUT2D eigenvalue weighted by molar-refractivity contribution is 0.174. The largest absolute Gasteiger partial charge is 0.454 e. The Morgan fingerprint density at radius 1 is 1.30 bits per heavy atom. The van der Waals surface area contributed by atoms with Gasteiger partial charge in [-0.25, -0.2) is 4.98 Å². The van der Waals surface area contributed by atoms with Crippen LogP contribution in [0.25, 0.3) is 5.95 Å². The van der Waals surface area contributed by atoms with Crippen LogP contribution < -0.4 is 19.7 Å². The number of nitrogens with one attached hydrogen (secondary N) is 1. The molecule has 0 saturated heterocycles. The van der Waals surface area contributed by atoms with Crippen molar-refractivity contribution in [2.45, 2.75) is 13.0 Å². The molecule has 8 nitrogen and oxygen atoms in total. The lowest BCUT2D eigenvalue weighted by Crippen LogP contribution is -2.23. The molecule has 2 aromatic heterocycles. The van der Waals surface area contributed by atoms with E-state index in [1.807, 2.05) is 25.4 Å². The molecular weight excluding hydrogens is 388 g/mol. The van der Waals surface area contributed by atoms with E-state index in [2.05, 4.69) is 30.6 Å². The second-order valence-electron chi connectivity index (χ2n) is 5.99. The molecule has 0 amide bonds. The molecule has 3 aromatic rings. The lowest BCUT2D eigenvalue weighted by atomic mass is 10.2. The first kappa shape index (κ1) is 19.4. The van der Waals surface area contributed by atoms with Crippen molar-refractivity contribution < 1.29 is 9.47 Å². The van der Waals surface area contributed by atoms with Crippen molar-refractivity contribution >= 4 is 29.1 Å². The predicted molar refractivity (Wildman–Crippen MR) is 106 cm³/mol. The minimum atomic E-state index is 0. The van der Waals surface area contributed by atoms with Gasteiger partial charge in [0.15, 0.2) is 11.5 Å². The van der Waals surface area contributed by atoms with E-state index in [-0.39, 0.29) is 12.4 Å². The van der Waals surface area contributed by atoms with Crippen LogP contribution >= 0.6 is 23.9 Å². The molecule has 10 heteroatoms. The first-order valence-corrected chi connectivity index (χ1v) is 9.19. The van der Waals surface area contributed by atoms with Gasteiger partial charge >= 0.3 is 0 Å². The summed E-state index contributed by atoms with van der Waals surface area (Å²) >= 11 is 1.40. The molecule has 144 valence electrons. The second-order valence-corrected chi connectivity index (χ2v) is 6.72. The third kappa shape index (κ3) is 4.68. The Morgan fingerprint density at radius 2 is 2.19 bits per heavy atom. The van der Waals surface area contributed by atoms with Crippen LogP contribution in [0.5, 0.6) is 11.5 Å². The fraction of sp³-hybridized carbons (Fsp3) is 0.353. The Balaban J connectivity index is 0.00000210. The smallest absolute Gasteiger partial charge is 0.248 e. The highest BCUT2D eigenvalue weighted by Crippen LogP contribution is 2.32. The quantitative estimate of drug-likeness (QED) is 0.574. The van der Waals surface area contributed by atoms with Crippen LogP contribution in [0.2, 0.25) is 0 Å². The van der Waals surface area contributed by atoms with E-state index >= 15 is 0 Å². The van der Waals surface area contributed by atoms with Crippen LogP contribution in [0.15, 0.2) is 36.9 Å². The molecule has 0 aliphatic carbocycles. The summed E-state index contributed by atoms with van der Waals surface area (Å²) in [5.41, 5.74) is 1.19. The zero-order valence-electron chi connectivity index (χ0n) is 14.9. The number of hydrogen-bond acceptors (Lipinski definition) is 8. The monoisotopic (exact) mass is 408 g/mol. The van der Waals surface area contributed by atoms with Crippen LogP contribution in [-0.2, 0) is 6.54 Å².